The molecule has 1 aromatic rings. The quantitative estimate of drug-likeness (QED) is 0.766. The Balaban J connectivity index is 1.98. The molecule has 1 atom stereocenters. The van der Waals surface area contributed by atoms with Crippen molar-refractivity contribution < 1.29 is 0 Å². The fourth-order valence-electron chi connectivity index (χ4n) is 2.72. The molecule has 1 aromatic carbocycles. The molecule has 0 saturated heterocycles. The average molecular weight is 279 g/mol. The molecule has 3 rings (SSSR count). The lowest BCUT2D eigenvalue weighted by Crippen LogP contribution is -2.44. The second kappa shape index (κ2) is 4.90. The molecule has 0 aromatic heterocycles. The highest BCUT2D eigenvalue weighted by atomic mass is 35.5. The fraction of sp³-hybridized carbons (Fsp3) is 0.357. The van der Waals surface area contributed by atoms with E-state index in [0.717, 1.165) is 23.0 Å². The van der Waals surface area contributed by atoms with Gasteiger partial charge in [-0.15, -0.1) is 0 Å². The number of hydrogen-bond donors (Lipinski definition) is 2. The molecule has 94 valence electrons. The van der Waals surface area contributed by atoms with Crippen LogP contribution in [-0.2, 0) is 0 Å². The third-order valence-corrected chi connectivity index (χ3v) is 4.07. The maximum Gasteiger partial charge on any atom is 0.171 e. The van der Waals surface area contributed by atoms with Gasteiger partial charge in [0.15, 0.2) is 5.11 Å². The third kappa shape index (κ3) is 2.25. The van der Waals surface area contributed by atoms with E-state index in [4.69, 9.17) is 23.8 Å². The molecule has 0 unspecified atom stereocenters. The Morgan fingerprint density at radius 2 is 1.83 bits per heavy atom. The first-order valence-electron chi connectivity index (χ1n) is 6.29. The van der Waals surface area contributed by atoms with Crippen LogP contribution in [0.1, 0.15) is 37.3 Å². The number of nitrogens with one attached hydrogen (secondary N) is 2. The van der Waals surface area contributed by atoms with Crippen molar-refractivity contribution in [3.63, 3.8) is 0 Å². The number of halogens is 1. The molecule has 0 radical (unpaired) electrons. The van der Waals surface area contributed by atoms with Gasteiger partial charge in [-0.25, -0.2) is 0 Å². The van der Waals surface area contributed by atoms with Crippen molar-refractivity contribution >= 4 is 28.9 Å². The minimum absolute atomic E-state index is 0.214. The predicted octanol–water partition coefficient (Wildman–Crippen LogP) is 3.69. The number of allylic oxidation sites excluding steroid dienone is 1. The predicted molar refractivity (Wildman–Crippen MR) is 78.6 cm³/mol. The van der Waals surface area contributed by atoms with E-state index in [0.29, 0.717) is 0 Å². The largest absolute Gasteiger partial charge is 0.352 e. The van der Waals surface area contributed by atoms with Crippen molar-refractivity contribution in [3.8, 4) is 0 Å². The van der Waals surface area contributed by atoms with Crippen LogP contribution in [0.5, 0.6) is 0 Å². The van der Waals surface area contributed by atoms with Crippen LogP contribution in [0.4, 0.5) is 0 Å². The molecular weight excluding hydrogens is 264 g/mol. The van der Waals surface area contributed by atoms with E-state index in [2.05, 4.69) is 22.8 Å². The van der Waals surface area contributed by atoms with E-state index in [1.165, 1.54) is 29.7 Å². The van der Waals surface area contributed by atoms with Crippen LogP contribution in [-0.4, -0.2) is 5.11 Å². The van der Waals surface area contributed by atoms with Crippen LogP contribution in [0.25, 0.3) is 0 Å². The van der Waals surface area contributed by atoms with Crippen molar-refractivity contribution in [1.82, 2.24) is 10.6 Å². The molecule has 2 N–H and O–H groups in total. The summed E-state index contributed by atoms with van der Waals surface area (Å²) in [6, 6.07) is 8.24. The smallest absolute Gasteiger partial charge is 0.171 e. The van der Waals surface area contributed by atoms with E-state index in [1.807, 2.05) is 12.1 Å². The molecule has 2 aliphatic rings. The van der Waals surface area contributed by atoms with Crippen molar-refractivity contribution in [1.29, 1.82) is 0 Å². The zero-order valence-corrected chi connectivity index (χ0v) is 11.6. The summed E-state index contributed by atoms with van der Waals surface area (Å²) in [6.45, 7) is 0. The first-order valence-corrected chi connectivity index (χ1v) is 7.07. The Morgan fingerprint density at radius 1 is 1.11 bits per heavy atom. The molecule has 1 aliphatic carbocycles. The van der Waals surface area contributed by atoms with Crippen LogP contribution in [0, 0.1) is 0 Å². The van der Waals surface area contributed by atoms with Gasteiger partial charge in [-0.05, 0) is 61.2 Å². The van der Waals surface area contributed by atoms with E-state index in [-0.39, 0.29) is 6.04 Å². The SMILES string of the molecule is S=C1NC2=C(CCCC2)[C@H](c2ccc(Cl)cc2)N1. The van der Waals surface area contributed by atoms with Gasteiger partial charge in [0.25, 0.3) is 0 Å². The van der Waals surface area contributed by atoms with Gasteiger partial charge >= 0.3 is 0 Å². The number of benzene rings is 1. The monoisotopic (exact) mass is 278 g/mol. The highest BCUT2D eigenvalue weighted by Crippen LogP contribution is 2.35. The lowest BCUT2D eigenvalue weighted by molar-refractivity contribution is 0.561. The van der Waals surface area contributed by atoms with Gasteiger partial charge in [-0.3, -0.25) is 0 Å². The summed E-state index contributed by atoms with van der Waals surface area (Å²) in [7, 11) is 0. The summed E-state index contributed by atoms with van der Waals surface area (Å²) in [5, 5.41) is 8.18. The Bertz CT molecular complexity index is 507. The van der Waals surface area contributed by atoms with Gasteiger partial charge in [-0.1, -0.05) is 23.7 Å². The van der Waals surface area contributed by atoms with Gasteiger partial charge in [0, 0.05) is 10.7 Å². The normalized spacial score (nSPS) is 23.2. The second-order valence-corrected chi connectivity index (χ2v) is 5.64. The molecule has 0 spiro atoms. The highest BCUT2D eigenvalue weighted by Gasteiger charge is 2.27. The van der Waals surface area contributed by atoms with Gasteiger partial charge < -0.3 is 10.6 Å². The number of hydrogen-bond acceptors (Lipinski definition) is 1. The van der Waals surface area contributed by atoms with Gasteiger partial charge in [0.1, 0.15) is 0 Å². The van der Waals surface area contributed by atoms with Crippen molar-refractivity contribution in [2.45, 2.75) is 31.7 Å². The summed E-state index contributed by atoms with van der Waals surface area (Å²) < 4.78 is 0. The van der Waals surface area contributed by atoms with Gasteiger partial charge in [0.2, 0.25) is 0 Å². The number of rotatable bonds is 1. The molecule has 2 nitrogen and oxygen atoms in total. The zero-order valence-electron chi connectivity index (χ0n) is 10.0. The van der Waals surface area contributed by atoms with E-state index in [9.17, 15) is 0 Å². The van der Waals surface area contributed by atoms with Crippen molar-refractivity contribution in [3.05, 3.63) is 46.1 Å². The Labute approximate surface area is 117 Å². The van der Waals surface area contributed by atoms with E-state index in [1.54, 1.807) is 0 Å². The summed E-state index contributed by atoms with van der Waals surface area (Å²) in [4.78, 5) is 0. The van der Waals surface area contributed by atoms with Crippen LogP contribution in [0.2, 0.25) is 5.02 Å². The lowest BCUT2D eigenvalue weighted by Gasteiger charge is -2.34. The molecule has 0 saturated carbocycles. The lowest BCUT2D eigenvalue weighted by atomic mass is 9.86. The second-order valence-electron chi connectivity index (χ2n) is 4.79. The standard InChI is InChI=1S/C14H15ClN2S/c15-10-7-5-9(6-8-10)13-11-3-1-2-4-12(11)16-14(18)17-13/h5-8,13H,1-4H2,(H2,16,17,18)/t13-/m0/s1. The highest BCUT2D eigenvalue weighted by molar-refractivity contribution is 7.80. The molecule has 0 fully saturated rings. The minimum atomic E-state index is 0.214. The molecule has 1 heterocycles. The molecule has 4 heteroatoms. The van der Waals surface area contributed by atoms with Crippen LogP contribution in [0.15, 0.2) is 35.5 Å². The van der Waals surface area contributed by atoms with Crippen LogP contribution in [0.3, 0.4) is 0 Å². The van der Waals surface area contributed by atoms with Gasteiger partial charge in [-0.2, -0.15) is 0 Å². The molecule has 18 heavy (non-hydrogen) atoms. The summed E-state index contributed by atoms with van der Waals surface area (Å²) >= 11 is 11.2. The topological polar surface area (TPSA) is 24.1 Å². The maximum atomic E-state index is 5.95. The average Bonchev–Trinajstić information content (AvgIpc) is 2.38. The van der Waals surface area contributed by atoms with E-state index >= 15 is 0 Å². The first kappa shape index (κ1) is 12.0. The summed E-state index contributed by atoms with van der Waals surface area (Å²) in [5.74, 6) is 0. The first-order chi connectivity index (χ1) is 8.74. The number of thiocarbonyl (C=S) groups is 1. The van der Waals surface area contributed by atoms with Gasteiger partial charge in [0.05, 0.1) is 6.04 Å². The van der Waals surface area contributed by atoms with Crippen molar-refractivity contribution in [2.24, 2.45) is 0 Å². The minimum Gasteiger partial charge on any atom is -0.352 e. The molecule has 0 bridgehead atoms. The molecule has 1 aliphatic heterocycles. The van der Waals surface area contributed by atoms with Crippen molar-refractivity contribution in [2.75, 3.05) is 0 Å². The summed E-state index contributed by atoms with van der Waals surface area (Å²) in [5.41, 5.74) is 4.01. The Morgan fingerprint density at radius 3 is 2.61 bits per heavy atom. The summed E-state index contributed by atoms with van der Waals surface area (Å²) in [6.07, 6.45) is 4.77. The molecule has 0 amide bonds. The third-order valence-electron chi connectivity index (χ3n) is 3.60. The Kier molecular flexibility index (Phi) is 3.27. The zero-order chi connectivity index (χ0) is 12.5. The maximum absolute atomic E-state index is 5.95. The van der Waals surface area contributed by atoms with Crippen LogP contribution >= 0.6 is 23.8 Å². The van der Waals surface area contributed by atoms with Crippen LogP contribution < -0.4 is 10.6 Å². The molecular formula is C14H15ClN2S. The fourth-order valence-corrected chi connectivity index (χ4v) is 3.09. The Hall–Kier alpha value is -1.06. The van der Waals surface area contributed by atoms with E-state index < -0.39 is 0 Å².